The van der Waals surface area contributed by atoms with Gasteiger partial charge in [0.2, 0.25) is 0 Å². The van der Waals surface area contributed by atoms with Gasteiger partial charge in [0, 0.05) is 6.42 Å². The van der Waals surface area contributed by atoms with Crippen LogP contribution in [-0.4, -0.2) is 17.8 Å². The molecule has 0 aromatic rings. The first kappa shape index (κ1) is 17.1. The summed E-state index contributed by atoms with van der Waals surface area (Å²) in [6.45, 7) is 5.87. The molecule has 0 nitrogen and oxygen atoms in total. The Morgan fingerprint density at radius 1 is 0.833 bits per heavy atom. The van der Waals surface area contributed by atoms with Crippen molar-refractivity contribution in [1.82, 2.24) is 0 Å². The predicted octanol–water partition coefficient (Wildman–Crippen LogP) is 5.21. The molecule has 0 rings (SSSR count). The fourth-order valence-electron chi connectivity index (χ4n) is 1.34. The number of hydrogen-bond donors (Lipinski definition) is 0. The van der Waals surface area contributed by atoms with Crippen LogP contribution in [0.2, 0.25) is 0 Å². The highest BCUT2D eigenvalue weighted by molar-refractivity contribution is 5.05. The Balaban J connectivity index is 4.51. The third-order valence-electron chi connectivity index (χ3n) is 2.53. The number of halogens is 6. The monoisotopic (exact) mass is 274 g/mol. The molecule has 0 saturated heterocycles. The van der Waals surface area contributed by atoms with Crippen LogP contribution in [-0.2, 0) is 0 Å². The predicted molar refractivity (Wildman–Crippen MR) is 58.3 cm³/mol. The van der Waals surface area contributed by atoms with Crippen molar-refractivity contribution in [2.24, 2.45) is 0 Å². The van der Waals surface area contributed by atoms with Crippen molar-refractivity contribution in [2.75, 3.05) is 0 Å². The van der Waals surface area contributed by atoms with Gasteiger partial charge in [0.15, 0.2) is 0 Å². The molecule has 0 fully saturated rings. The number of unbranched alkanes of at least 4 members (excludes halogenated alkanes) is 3. The van der Waals surface area contributed by atoms with Crippen molar-refractivity contribution in [2.45, 2.75) is 49.9 Å². The van der Waals surface area contributed by atoms with Crippen molar-refractivity contribution in [3.05, 3.63) is 25.3 Å². The van der Waals surface area contributed by atoms with Gasteiger partial charge >= 0.3 is 17.8 Å². The van der Waals surface area contributed by atoms with E-state index in [0.717, 1.165) is 0 Å². The lowest BCUT2D eigenvalue weighted by Crippen LogP contribution is -2.53. The summed E-state index contributed by atoms with van der Waals surface area (Å²) < 4.78 is 77.5. The molecule has 0 aliphatic heterocycles. The maximum Gasteiger partial charge on any atom is 0.375 e. The Bertz CT molecular complexity index is 282. The molecule has 0 spiro atoms. The SMILES string of the molecule is C=CCCCCCC(F)(F)C(F)(F)C(F)(F)C=C. The topological polar surface area (TPSA) is 0 Å². The molecule has 0 bridgehead atoms. The van der Waals surface area contributed by atoms with Crippen molar-refractivity contribution >= 4 is 0 Å². The molecular formula is C12H16F6. The molecule has 0 amide bonds. The van der Waals surface area contributed by atoms with E-state index in [1.54, 1.807) is 6.08 Å². The van der Waals surface area contributed by atoms with Crippen LogP contribution in [0.25, 0.3) is 0 Å². The second-order valence-corrected chi connectivity index (χ2v) is 3.99. The lowest BCUT2D eigenvalue weighted by atomic mass is 9.98. The fraction of sp³-hybridized carbons (Fsp3) is 0.667. The van der Waals surface area contributed by atoms with Crippen molar-refractivity contribution in [3.8, 4) is 0 Å². The van der Waals surface area contributed by atoms with Gasteiger partial charge in [0.1, 0.15) is 0 Å². The Labute approximate surface area is 102 Å². The molecule has 0 aliphatic carbocycles. The first-order valence-electron chi connectivity index (χ1n) is 5.50. The quantitative estimate of drug-likeness (QED) is 0.307. The van der Waals surface area contributed by atoms with E-state index in [4.69, 9.17) is 0 Å². The smallest absolute Gasteiger partial charge is 0.200 e. The summed E-state index contributed by atoms with van der Waals surface area (Å²) in [5.74, 6) is -15.1. The zero-order valence-corrected chi connectivity index (χ0v) is 9.87. The van der Waals surface area contributed by atoms with E-state index in [1.165, 1.54) is 0 Å². The van der Waals surface area contributed by atoms with Gasteiger partial charge in [-0.3, -0.25) is 0 Å². The summed E-state index contributed by atoms with van der Waals surface area (Å²) in [5.41, 5.74) is 0. The molecule has 0 heterocycles. The minimum atomic E-state index is -5.42. The molecule has 0 N–H and O–H groups in total. The van der Waals surface area contributed by atoms with Gasteiger partial charge in [-0.2, -0.15) is 26.3 Å². The molecule has 0 aromatic carbocycles. The van der Waals surface area contributed by atoms with E-state index >= 15 is 0 Å². The highest BCUT2D eigenvalue weighted by Gasteiger charge is 2.69. The summed E-state index contributed by atoms with van der Waals surface area (Å²) >= 11 is 0. The average Bonchev–Trinajstić information content (AvgIpc) is 2.28. The molecule has 0 atom stereocenters. The Morgan fingerprint density at radius 3 is 1.83 bits per heavy atom. The second kappa shape index (κ2) is 6.29. The van der Waals surface area contributed by atoms with Gasteiger partial charge in [-0.1, -0.05) is 19.1 Å². The van der Waals surface area contributed by atoms with E-state index in [0.29, 0.717) is 12.8 Å². The first-order valence-corrected chi connectivity index (χ1v) is 5.50. The lowest BCUT2D eigenvalue weighted by Gasteiger charge is -2.31. The molecule has 0 unspecified atom stereocenters. The normalized spacial score (nSPS) is 13.4. The minimum Gasteiger partial charge on any atom is -0.200 e. The van der Waals surface area contributed by atoms with Crippen LogP contribution in [0, 0.1) is 0 Å². The third-order valence-corrected chi connectivity index (χ3v) is 2.53. The van der Waals surface area contributed by atoms with Gasteiger partial charge in [-0.05, 0) is 25.3 Å². The number of alkyl halides is 6. The molecular weight excluding hydrogens is 258 g/mol. The summed E-state index contributed by atoms with van der Waals surface area (Å²) in [6, 6.07) is 0. The largest absolute Gasteiger partial charge is 0.375 e. The van der Waals surface area contributed by atoms with Gasteiger partial charge in [-0.15, -0.1) is 6.58 Å². The summed E-state index contributed by atoms with van der Waals surface area (Å²) in [7, 11) is 0. The Kier molecular flexibility index (Phi) is 5.96. The summed E-state index contributed by atoms with van der Waals surface area (Å²) in [6.07, 6.45) is 0.951. The van der Waals surface area contributed by atoms with Gasteiger partial charge in [-0.25, -0.2) is 0 Å². The standard InChI is InChI=1S/C12H16F6/c1-3-5-6-7-8-9-11(15,16)12(17,18)10(13,14)4-2/h3-4H,1-2,5-9H2. The van der Waals surface area contributed by atoms with Gasteiger partial charge in [0.05, 0.1) is 0 Å². The van der Waals surface area contributed by atoms with Crippen LogP contribution in [0.5, 0.6) is 0 Å². The van der Waals surface area contributed by atoms with Crippen molar-refractivity contribution < 1.29 is 26.3 Å². The van der Waals surface area contributed by atoms with E-state index < -0.39 is 30.3 Å². The molecule has 0 saturated carbocycles. The Morgan fingerprint density at radius 2 is 1.39 bits per heavy atom. The zero-order valence-electron chi connectivity index (χ0n) is 9.87. The molecule has 0 aliphatic rings. The molecule has 106 valence electrons. The molecule has 0 aromatic heterocycles. The van der Waals surface area contributed by atoms with Crippen LogP contribution in [0.1, 0.15) is 32.1 Å². The lowest BCUT2D eigenvalue weighted by molar-refractivity contribution is -0.294. The maximum atomic E-state index is 13.1. The maximum absolute atomic E-state index is 13.1. The Hall–Kier alpha value is -0.940. The molecule has 18 heavy (non-hydrogen) atoms. The fourth-order valence-corrected chi connectivity index (χ4v) is 1.34. The number of allylic oxidation sites excluding steroid dienone is 2. The van der Waals surface area contributed by atoms with E-state index in [-0.39, 0.29) is 12.8 Å². The van der Waals surface area contributed by atoms with E-state index in [2.05, 4.69) is 13.2 Å². The number of rotatable bonds is 9. The van der Waals surface area contributed by atoms with Crippen LogP contribution in [0.3, 0.4) is 0 Å². The van der Waals surface area contributed by atoms with Gasteiger partial charge < -0.3 is 0 Å². The highest BCUT2D eigenvalue weighted by atomic mass is 19.3. The summed E-state index contributed by atoms with van der Waals surface area (Å²) in [5, 5.41) is 0. The van der Waals surface area contributed by atoms with Crippen molar-refractivity contribution in [3.63, 3.8) is 0 Å². The van der Waals surface area contributed by atoms with Crippen LogP contribution in [0.4, 0.5) is 26.3 Å². The van der Waals surface area contributed by atoms with Crippen molar-refractivity contribution in [1.29, 1.82) is 0 Å². The molecule has 6 heteroatoms. The van der Waals surface area contributed by atoms with Crippen LogP contribution < -0.4 is 0 Å². The molecule has 0 radical (unpaired) electrons. The van der Waals surface area contributed by atoms with Gasteiger partial charge in [0.25, 0.3) is 0 Å². The van der Waals surface area contributed by atoms with Crippen LogP contribution >= 0.6 is 0 Å². The van der Waals surface area contributed by atoms with E-state index in [1.807, 2.05) is 0 Å². The average molecular weight is 274 g/mol. The third kappa shape index (κ3) is 3.78. The first-order chi connectivity index (χ1) is 8.12. The number of hydrogen-bond acceptors (Lipinski definition) is 0. The summed E-state index contributed by atoms with van der Waals surface area (Å²) in [4.78, 5) is 0. The van der Waals surface area contributed by atoms with Crippen LogP contribution in [0.15, 0.2) is 25.3 Å². The second-order valence-electron chi connectivity index (χ2n) is 3.99. The zero-order chi connectivity index (χ0) is 14.4. The minimum absolute atomic E-state index is 0.246. The highest BCUT2D eigenvalue weighted by Crippen LogP contribution is 2.48. The van der Waals surface area contributed by atoms with E-state index in [9.17, 15) is 26.3 Å².